The first-order valence-corrected chi connectivity index (χ1v) is 7.90. The predicted molar refractivity (Wildman–Crippen MR) is 84.9 cm³/mol. The van der Waals surface area contributed by atoms with E-state index >= 15 is 0 Å². The van der Waals surface area contributed by atoms with Gasteiger partial charge in [-0.15, -0.1) is 11.8 Å². The number of benzene rings is 2. The van der Waals surface area contributed by atoms with Gasteiger partial charge in [0.1, 0.15) is 5.75 Å². The van der Waals surface area contributed by atoms with Gasteiger partial charge in [0.05, 0.1) is 13.2 Å². The average Bonchev–Trinajstić information content (AvgIpc) is 2.46. The number of rotatable bonds is 4. The molecule has 4 heteroatoms. The van der Waals surface area contributed by atoms with Crippen LogP contribution in [0, 0.1) is 0 Å². The van der Waals surface area contributed by atoms with Gasteiger partial charge in [0.25, 0.3) is 0 Å². The van der Waals surface area contributed by atoms with Crippen LogP contribution in [0.3, 0.4) is 0 Å². The van der Waals surface area contributed by atoms with E-state index in [0.29, 0.717) is 0 Å². The highest BCUT2D eigenvalue weighted by Gasteiger charge is 2.12. The van der Waals surface area contributed by atoms with Gasteiger partial charge in [0, 0.05) is 9.37 Å². The summed E-state index contributed by atoms with van der Waals surface area (Å²) in [6, 6.07) is 14.1. The largest absolute Gasteiger partial charge is 0.497 e. The van der Waals surface area contributed by atoms with Crippen molar-refractivity contribution in [2.75, 3.05) is 13.4 Å². The van der Waals surface area contributed by atoms with Crippen molar-refractivity contribution in [3.05, 3.63) is 58.1 Å². The fraction of sp³-hybridized carbons (Fsp3) is 0.200. The number of thioether (sulfide) groups is 1. The van der Waals surface area contributed by atoms with Gasteiger partial charge < -0.3 is 10.5 Å². The fourth-order valence-corrected chi connectivity index (χ4v) is 2.89. The van der Waals surface area contributed by atoms with Crippen molar-refractivity contribution in [3.63, 3.8) is 0 Å². The molecule has 0 bridgehead atoms. The molecule has 0 radical (unpaired) electrons. The SMILES string of the molecule is COc1ccc(C(N)c2ccc(SC)cc2)c(Br)c1. The molecule has 19 heavy (non-hydrogen) atoms. The van der Waals surface area contributed by atoms with Crippen molar-refractivity contribution in [3.8, 4) is 5.75 Å². The van der Waals surface area contributed by atoms with Crippen LogP contribution in [-0.2, 0) is 0 Å². The maximum Gasteiger partial charge on any atom is 0.120 e. The highest BCUT2D eigenvalue weighted by atomic mass is 79.9. The van der Waals surface area contributed by atoms with Crippen molar-refractivity contribution in [2.24, 2.45) is 5.73 Å². The Labute approximate surface area is 126 Å². The number of halogens is 1. The summed E-state index contributed by atoms with van der Waals surface area (Å²) < 4.78 is 6.16. The fourth-order valence-electron chi connectivity index (χ4n) is 1.88. The molecule has 0 saturated heterocycles. The Kier molecular flexibility index (Phi) is 4.91. The van der Waals surface area contributed by atoms with Crippen molar-refractivity contribution >= 4 is 27.7 Å². The zero-order valence-corrected chi connectivity index (χ0v) is 13.3. The third-order valence-corrected chi connectivity index (χ3v) is 4.45. The molecule has 0 aliphatic carbocycles. The molecule has 2 rings (SSSR count). The Bertz CT molecular complexity index is 557. The number of hydrogen-bond donors (Lipinski definition) is 1. The Morgan fingerprint density at radius 2 is 1.84 bits per heavy atom. The van der Waals surface area contributed by atoms with Gasteiger partial charge in [-0.05, 0) is 41.6 Å². The second-order valence-electron chi connectivity index (χ2n) is 4.14. The van der Waals surface area contributed by atoms with Crippen LogP contribution >= 0.6 is 27.7 Å². The molecule has 0 aliphatic rings. The Morgan fingerprint density at radius 3 is 2.37 bits per heavy atom. The first-order valence-electron chi connectivity index (χ1n) is 5.88. The highest BCUT2D eigenvalue weighted by molar-refractivity contribution is 9.10. The van der Waals surface area contributed by atoms with Crippen molar-refractivity contribution in [1.82, 2.24) is 0 Å². The Balaban J connectivity index is 2.29. The van der Waals surface area contributed by atoms with E-state index in [2.05, 4.69) is 46.5 Å². The zero-order valence-electron chi connectivity index (χ0n) is 10.9. The second-order valence-corrected chi connectivity index (χ2v) is 5.87. The molecule has 0 amide bonds. The number of hydrogen-bond acceptors (Lipinski definition) is 3. The number of methoxy groups -OCH3 is 1. The monoisotopic (exact) mass is 337 g/mol. The van der Waals surface area contributed by atoms with E-state index in [1.165, 1.54) is 4.90 Å². The standard InChI is InChI=1S/C15H16BrNOS/c1-18-11-5-8-13(14(16)9-11)15(17)10-3-6-12(19-2)7-4-10/h3-9,15H,17H2,1-2H3. The molecule has 2 nitrogen and oxygen atoms in total. The lowest BCUT2D eigenvalue weighted by molar-refractivity contribution is 0.414. The molecule has 1 atom stereocenters. The minimum absolute atomic E-state index is 0.142. The first kappa shape index (κ1) is 14.4. The molecule has 0 saturated carbocycles. The lowest BCUT2D eigenvalue weighted by Crippen LogP contribution is -2.12. The molecule has 2 aromatic carbocycles. The summed E-state index contributed by atoms with van der Waals surface area (Å²) in [5, 5.41) is 0. The lowest BCUT2D eigenvalue weighted by atomic mass is 10.00. The summed E-state index contributed by atoms with van der Waals surface area (Å²) in [6.07, 6.45) is 2.06. The van der Waals surface area contributed by atoms with Gasteiger partial charge in [0.2, 0.25) is 0 Å². The van der Waals surface area contributed by atoms with Crippen LogP contribution in [0.15, 0.2) is 51.8 Å². The zero-order chi connectivity index (χ0) is 13.8. The summed E-state index contributed by atoms with van der Waals surface area (Å²) in [4.78, 5) is 1.24. The summed E-state index contributed by atoms with van der Waals surface area (Å²) in [5.41, 5.74) is 8.48. The second kappa shape index (κ2) is 6.46. The molecule has 0 fully saturated rings. The van der Waals surface area contributed by atoms with Crippen LogP contribution in [-0.4, -0.2) is 13.4 Å². The van der Waals surface area contributed by atoms with Crippen LogP contribution < -0.4 is 10.5 Å². The molecule has 2 aromatic rings. The predicted octanol–water partition coefficient (Wildman–Crippen LogP) is 4.23. The number of nitrogens with two attached hydrogens (primary N) is 1. The van der Waals surface area contributed by atoms with Gasteiger partial charge >= 0.3 is 0 Å². The van der Waals surface area contributed by atoms with Gasteiger partial charge in [-0.1, -0.05) is 34.1 Å². The van der Waals surface area contributed by atoms with E-state index in [0.717, 1.165) is 21.3 Å². The minimum Gasteiger partial charge on any atom is -0.497 e. The first-order chi connectivity index (χ1) is 9.15. The lowest BCUT2D eigenvalue weighted by Gasteiger charge is -2.15. The Hall–Kier alpha value is -0.970. The molecule has 0 aliphatic heterocycles. The molecular weight excluding hydrogens is 322 g/mol. The van der Waals surface area contributed by atoms with Crippen molar-refractivity contribution in [2.45, 2.75) is 10.9 Å². The summed E-state index contributed by atoms with van der Waals surface area (Å²) in [5.74, 6) is 0.820. The van der Waals surface area contributed by atoms with Crippen LogP contribution in [0.25, 0.3) is 0 Å². The normalized spacial score (nSPS) is 12.2. The third-order valence-electron chi connectivity index (χ3n) is 3.02. The molecule has 0 aromatic heterocycles. The van der Waals surface area contributed by atoms with E-state index in [-0.39, 0.29) is 6.04 Å². The summed E-state index contributed by atoms with van der Waals surface area (Å²) >= 11 is 5.28. The van der Waals surface area contributed by atoms with Gasteiger partial charge in [-0.25, -0.2) is 0 Å². The quantitative estimate of drug-likeness (QED) is 0.848. The molecule has 0 spiro atoms. The van der Waals surface area contributed by atoms with E-state index in [9.17, 15) is 0 Å². The van der Waals surface area contributed by atoms with Crippen molar-refractivity contribution in [1.29, 1.82) is 0 Å². The van der Waals surface area contributed by atoms with Gasteiger partial charge in [-0.3, -0.25) is 0 Å². The van der Waals surface area contributed by atoms with Gasteiger partial charge in [-0.2, -0.15) is 0 Å². The minimum atomic E-state index is -0.142. The maximum absolute atomic E-state index is 6.32. The van der Waals surface area contributed by atoms with Crippen LogP contribution in [0.4, 0.5) is 0 Å². The average molecular weight is 338 g/mol. The summed E-state index contributed by atoms with van der Waals surface area (Å²) in [6.45, 7) is 0. The molecule has 0 heterocycles. The van der Waals surface area contributed by atoms with E-state index in [1.54, 1.807) is 18.9 Å². The molecule has 1 unspecified atom stereocenters. The van der Waals surface area contributed by atoms with Crippen LogP contribution in [0.2, 0.25) is 0 Å². The van der Waals surface area contributed by atoms with Gasteiger partial charge in [0.15, 0.2) is 0 Å². The van der Waals surface area contributed by atoms with Crippen LogP contribution in [0.5, 0.6) is 5.75 Å². The molecular formula is C15H16BrNOS. The van der Waals surface area contributed by atoms with E-state index in [1.807, 2.05) is 18.2 Å². The van der Waals surface area contributed by atoms with Crippen molar-refractivity contribution < 1.29 is 4.74 Å². The molecule has 2 N–H and O–H groups in total. The maximum atomic E-state index is 6.32. The number of ether oxygens (including phenoxy) is 1. The molecule has 100 valence electrons. The van der Waals surface area contributed by atoms with E-state index in [4.69, 9.17) is 10.5 Å². The summed E-state index contributed by atoms with van der Waals surface area (Å²) in [7, 11) is 1.66. The smallest absolute Gasteiger partial charge is 0.120 e. The van der Waals surface area contributed by atoms with Crippen LogP contribution in [0.1, 0.15) is 17.2 Å². The topological polar surface area (TPSA) is 35.2 Å². The Morgan fingerprint density at radius 1 is 1.16 bits per heavy atom. The highest BCUT2D eigenvalue weighted by Crippen LogP contribution is 2.30. The van der Waals surface area contributed by atoms with E-state index < -0.39 is 0 Å². The third kappa shape index (κ3) is 3.32.